The zero-order valence-corrected chi connectivity index (χ0v) is 43.6. The second-order valence-electron chi connectivity index (χ2n) is 18.4. The average molecular weight is 1080 g/mol. The summed E-state index contributed by atoms with van der Waals surface area (Å²) in [6, 6.07) is 74.1. The molecule has 1 saturated heterocycles. The highest BCUT2D eigenvalue weighted by atomic mass is 79.9. The van der Waals surface area contributed by atoms with Gasteiger partial charge in [0, 0.05) is 56.9 Å². The zero-order valence-electron chi connectivity index (χ0n) is 41.5. The van der Waals surface area contributed by atoms with Crippen LogP contribution in [0, 0.1) is 0 Å². The van der Waals surface area contributed by atoms with E-state index in [0.29, 0.717) is 15.9 Å². The van der Waals surface area contributed by atoms with Crippen LogP contribution in [-0.4, -0.2) is 30.4 Å². The SMILES string of the molecule is C1CCOC1.Nc1cc2ccccc2cc1-c1cccc2cccc(Cl)c12.Nc1cc2ccccc2cc1Br.OB(O)c1cccc2cccc(Cl)c12.[2H-].[2HH].c1ccc2cc3c(cc2c1)Cc1cccc2cccc-3c12. The molecule has 6 N–H and O–H groups in total. The number of nitrogen functional groups attached to an aromatic ring is 2. The van der Waals surface area contributed by atoms with Gasteiger partial charge in [-0.15, -0.1) is 0 Å². The van der Waals surface area contributed by atoms with Crippen LogP contribution in [-0.2, 0) is 11.2 Å². The van der Waals surface area contributed by atoms with Gasteiger partial charge in [-0.2, -0.15) is 0 Å². The maximum Gasteiger partial charge on any atom is 0.489 e. The van der Waals surface area contributed by atoms with Gasteiger partial charge in [-0.3, -0.25) is 0 Å². The minimum absolute atomic E-state index is 0. The third-order valence-electron chi connectivity index (χ3n) is 13.6. The van der Waals surface area contributed by atoms with E-state index in [1.54, 1.807) is 18.2 Å². The Balaban J connectivity index is 0.000000132. The summed E-state index contributed by atoms with van der Waals surface area (Å²) in [5.41, 5.74) is 21.8. The zero-order chi connectivity index (χ0) is 51.1. The van der Waals surface area contributed by atoms with Gasteiger partial charge in [0.2, 0.25) is 0 Å². The fourth-order valence-corrected chi connectivity index (χ4v) is 10.9. The van der Waals surface area contributed by atoms with E-state index in [1.807, 2.05) is 78.9 Å². The molecule has 0 amide bonds. The number of nitrogens with two attached hydrogens (primary N) is 2. The number of hydrogen-bond acceptors (Lipinski definition) is 5. The topological polar surface area (TPSA) is 102 Å². The van der Waals surface area contributed by atoms with Crippen LogP contribution >= 0.6 is 39.1 Å². The molecule has 14 rings (SSSR count). The van der Waals surface area contributed by atoms with Gasteiger partial charge in [0.15, 0.2) is 0 Å². The molecular weight excluding hydrogens is 1020 g/mol. The second kappa shape index (κ2) is 22.9. The van der Waals surface area contributed by atoms with Crippen LogP contribution in [0.4, 0.5) is 11.4 Å². The first kappa shape index (κ1) is 50.3. The average Bonchev–Trinajstić information content (AvgIpc) is 4.06. The van der Waals surface area contributed by atoms with Gasteiger partial charge in [0.1, 0.15) is 0 Å². The number of rotatable bonds is 2. The fourth-order valence-electron chi connectivity index (χ4n) is 9.97. The third kappa shape index (κ3) is 11.0. The Bertz CT molecular complexity index is 3940. The Kier molecular flexibility index (Phi) is 15.6. The lowest BCUT2D eigenvalue weighted by atomic mass is 9.77. The van der Waals surface area contributed by atoms with E-state index in [1.165, 1.54) is 72.8 Å². The minimum atomic E-state index is -1.49. The van der Waals surface area contributed by atoms with Crippen LogP contribution in [0.15, 0.2) is 223 Å². The Morgan fingerprint density at radius 2 is 0.838 bits per heavy atom. The van der Waals surface area contributed by atoms with Crippen molar-refractivity contribution in [2.45, 2.75) is 19.3 Å². The lowest BCUT2D eigenvalue weighted by molar-refractivity contribution is 0.198. The molecule has 0 unspecified atom stereocenters. The summed E-state index contributed by atoms with van der Waals surface area (Å²) in [6.45, 7) is 2.00. The van der Waals surface area contributed by atoms with E-state index in [0.717, 1.165) is 73.2 Å². The van der Waals surface area contributed by atoms with Crippen molar-refractivity contribution in [3.05, 3.63) is 244 Å². The van der Waals surface area contributed by atoms with E-state index in [4.69, 9.17) is 49.5 Å². The highest BCUT2D eigenvalue weighted by Gasteiger charge is 2.19. The predicted octanol–water partition coefficient (Wildman–Crippen LogP) is 17.0. The standard InChI is InChI=1S/C21H14.C20H14ClN.C10H8BClO2.C10H8BrN.C4H8O.H2.H/c1-2-6-16-13-20-18(11-15(16)5-1)12-17-9-3-7-14-8-4-10-19(20)21(14)17;21-18-10-4-8-13-7-3-9-16(20(13)18)17-11-14-5-1-2-6-15(14)12-19(17)22;12-9-6-2-4-7-3-1-5-8(10(7)9)11(13)14;11-9-5-7-3-1-2-4-8(7)6-10(9)12;1-2-4-5-3-1;;/h1-11,13H,12H2;1-12H,22H2;1-6,13-14H;1-6H,12H2;1-4H2;1H;/q;;;;;;-1/i;;;;;2*1+1. The molecule has 0 atom stereocenters. The van der Waals surface area contributed by atoms with Gasteiger partial charge < -0.3 is 27.7 Å². The molecule has 74 heavy (non-hydrogen) atoms. The molecule has 0 bridgehead atoms. The Morgan fingerprint density at radius 3 is 1.39 bits per heavy atom. The summed E-state index contributed by atoms with van der Waals surface area (Å²) in [5, 5.41) is 33.5. The molecule has 1 aliphatic carbocycles. The molecule has 2 aliphatic rings. The predicted molar refractivity (Wildman–Crippen MR) is 324 cm³/mol. The highest BCUT2D eigenvalue weighted by molar-refractivity contribution is 9.10. The van der Waals surface area contributed by atoms with Crippen molar-refractivity contribution in [3.8, 4) is 22.3 Å². The van der Waals surface area contributed by atoms with Crippen LogP contribution in [0.3, 0.4) is 0 Å². The molecule has 0 radical (unpaired) electrons. The first-order valence-electron chi connectivity index (χ1n) is 24.6. The van der Waals surface area contributed by atoms with Crippen LogP contribution in [0.2, 0.25) is 10.0 Å². The van der Waals surface area contributed by atoms with Gasteiger partial charge >= 0.3 is 7.12 Å². The van der Waals surface area contributed by atoms with E-state index in [9.17, 15) is 0 Å². The van der Waals surface area contributed by atoms with Gasteiger partial charge in [-0.1, -0.05) is 199 Å². The van der Waals surface area contributed by atoms with Crippen LogP contribution in [0.1, 0.15) is 26.8 Å². The summed E-state index contributed by atoms with van der Waals surface area (Å²) >= 11 is 15.8. The van der Waals surface area contributed by atoms with Crippen LogP contribution in [0.5, 0.6) is 0 Å². The Hall–Kier alpha value is -7.20. The normalized spacial score (nSPS) is 12.2. The van der Waals surface area contributed by atoms with Crippen LogP contribution in [0.25, 0.3) is 86.9 Å². The number of fused-ring (bicyclic) bond motifs is 7. The number of halogens is 3. The Labute approximate surface area is 452 Å². The summed E-state index contributed by atoms with van der Waals surface area (Å²) in [4.78, 5) is 0. The third-order valence-corrected chi connectivity index (χ3v) is 14.9. The smallest absolute Gasteiger partial charge is 0.489 e. The molecule has 368 valence electrons. The molecule has 0 saturated carbocycles. The molecule has 12 aromatic rings. The van der Waals surface area contributed by atoms with Crippen molar-refractivity contribution in [2.75, 3.05) is 24.7 Å². The van der Waals surface area contributed by atoms with E-state index < -0.39 is 7.12 Å². The van der Waals surface area contributed by atoms with E-state index in [2.05, 4.69) is 137 Å². The van der Waals surface area contributed by atoms with Crippen molar-refractivity contribution >= 4 is 128 Å². The fraction of sp³-hybridized carbons (Fsp3) is 0.0769. The summed E-state index contributed by atoms with van der Waals surface area (Å²) < 4.78 is 5.90. The molecular formula is C65H55BBrCl2N2O3-. The monoisotopic (exact) mass is 1070 g/mol. The molecule has 1 heterocycles. The van der Waals surface area contributed by atoms with Crippen molar-refractivity contribution in [1.29, 1.82) is 0 Å². The number of anilines is 2. The largest absolute Gasteiger partial charge is 1.00 e. The van der Waals surface area contributed by atoms with Crippen molar-refractivity contribution < 1.29 is 17.6 Å². The molecule has 9 heteroatoms. The second-order valence-corrected chi connectivity index (χ2v) is 20.1. The first-order valence-corrected chi connectivity index (χ1v) is 26.2. The Morgan fingerprint density at radius 1 is 0.419 bits per heavy atom. The number of ether oxygens (including phenoxy) is 1. The molecule has 0 spiro atoms. The van der Waals surface area contributed by atoms with E-state index in [-0.39, 0.29) is 2.85 Å². The maximum absolute atomic E-state index is 9.14. The highest BCUT2D eigenvalue weighted by Crippen LogP contribution is 2.41. The van der Waals surface area contributed by atoms with Gasteiger partial charge in [-0.05, 0) is 165 Å². The summed E-state index contributed by atoms with van der Waals surface area (Å²) in [5.74, 6) is 0. The molecule has 1 aliphatic heterocycles. The minimum Gasteiger partial charge on any atom is -1.00 e. The van der Waals surface area contributed by atoms with Gasteiger partial charge in [-0.25, -0.2) is 0 Å². The van der Waals surface area contributed by atoms with Gasteiger partial charge in [0.25, 0.3) is 0 Å². The quantitative estimate of drug-likeness (QED) is 0.102. The van der Waals surface area contributed by atoms with Crippen molar-refractivity contribution in [3.63, 3.8) is 0 Å². The van der Waals surface area contributed by atoms with E-state index >= 15 is 0 Å². The number of hydrogen-bond donors (Lipinski definition) is 4. The lowest BCUT2D eigenvalue weighted by Crippen LogP contribution is -2.30. The summed E-state index contributed by atoms with van der Waals surface area (Å²) in [7, 11) is -1.49. The first-order chi connectivity index (χ1) is 36.1. The molecule has 12 aromatic carbocycles. The lowest BCUT2D eigenvalue weighted by Gasteiger charge is -2.21. The molecule has 0 aromatic heterocycles. The van der Waals surface area contributed by atoms with Gasteiger partial charge in [0.05, 0.1) is 0 Å². The summed E-state index contributed by atoms with van der Waals surface area (Å²) in [6.07, 6.45) is 3.59. The maximum atomic E-state index is 9.14. The number of benzene rings is 12. The van der Waals surface area contributed by atoms with Crippen molar-refractivity contribution in [1.82, 2.24) is 0 Å². The molecule has 5 nitrogen and oxygen atoms in total. The molecule has 1 fully saturated rings. The van der Waals surface area contributed by atoms with Crippen LogP contribution < -0.4 is 16.9 Å². The van der Waals surface area contributed by atoms with Crippen molar-refractivity contribution in [2.24, 2.45) is 0 Å².